The molecule has 0 atom stereocenters. The van der Waals surface area contributed by atoms with E-state index in [0.717, 1.165) is 6.07 Å². The molecule has 2 aromatic rings. The molecule has 2 nitrogen and oxygen atoms in total. The van der Waals surface area contributed by atoms with Gasteiger partial charge in [0.05, 0.1) is 5.56 Å². The van der Waals surface area contributed by atoms with Crippen molar-refractivity contribution in [1.29, 1.82) is 0 Å². The Balaban J connectivity index is 2.43. The minimum absolute atomic E-state index is 0.0204. The summed E-state index contributed by atoms with van der Waals surface area (Å²) in [5.74, 6) is -2.12. The molecule has 0 spiro atoms. The third kappa shape index (κ3) is 3.04. The lowest BCUT2D eigenvalue weighted by Gasteiger charge is -2.09. The lowest BCUT2D eigenvalue weighted by atomic mass is 10.0. The maximum absolute atomic E-state index is 13.1. The van der Waals surface area contributed by atoms with Crippen LogP contribution in [-0.2, 0) is 6.18 Å². The first-order valence-corrected chi connectivity index (χ1v) is 6.11. The molecular formula is C13H6BrF4NO. The lowest BCUT2D eigenvalue weighted by Crippen LogP contribution is -2.11. The Kier molecular flexibility index (Phi) is 3.89. The Bertz CT molecular complexity index is 652. The van der Waals surface area contributed by atoms with Gasteiger partial charge in [-0.3, -0.25) is 9.78 Å². The average molecular weight is 348 g/mol. The van der Waals surface area contributed by atoms with Crippen molar-refractivity contribution in [2.75, 3.05) is 0 Å². The fourth-order valence-electron chi connectivity index (χ4n) is 1.54. The summed E-state index contributed by atoms with van der Waals surface area (Å²) in [4.78, 5) is 15.8. The summed E-state index contributed by atoms with van der Waals surface area (Å²) in [5.41, 5.74) is -1.76. The Hall–Kier alpha value is -1.76. The Morgan fingerprint density at radius 2 is 1.85 bits per heavy atom. The molecule has 0 aliphatic rings. The topological polar surface area (TPSA) is 30.0 Å². The molecule has 0 unspecified atom stereocenters. The SMILES string of the molecule is O=C(c1ccc(F)c(C(F)(F)F)c1)c1ccc(Br)cn1. The minimum atomic E-state index is -4.85. The van der Waals surface area contributed by atoms with Gasteiger partial charge in [-0.05, 0) is 46.3 Å². The van der Waals surface area contributed by atoms with Crippen molar-refractivity contribution in [1.82, 2.24) is 4.98 Å². The number of hydrogen-bond donors (Lipinski definition) is 0. The van der Waals surface area contributed by atoms with Gasteiger partial charge < -0.3 is 0 Å². The molecule has 0 radical (unpaired) electrons. The van der Waals surface area contributed by atoms with E-state index in [1.54, 1.807) is 0 Å². The summed E-state index contributed by atoms with van der Waals surface area (Å²) < 4.78 is 51.5. The van der Waals surface area contributed by atoms with Gasteiger partial charge in [0.1, 0.15) is 11.5 Å². The zero-order chi connectivity index (χ0) is 14.9. The van der Waals surface area contributed by atoms with Crippen LogP contribution in [0, 0.1) is 5.82 Å². The fraction of sp³-hybridized carbons (Fsp3) is 0.0769. The van der Waals surface area contributed by atoms with Crippen LogP contribution in [0.25, 0.3) is 0 Å². The number of hydrogen-bond acceptors (Lipinski definition) is 2. The first kappa shape index (κ1) is 14.6. The number of alkyl halides is 3. The highest BCUT2D eigenvalue weighted by Crippen LogP contribution is 2.32. The van der Waals surface area contributed by atoms with Crippen molar-refractivity contribution in [3.05, 3.63) is 63.6 Å². The van der Waals surface area contributed by atoms with E-state index in [-0.39, 0.29) is 11.3 Å². The maximum atomic E-state index is 13.1. The van der Waals surface area contributed by atoms with Crippen LogP contribution in [0.15, 0.2) is 41.0 Å². The number of carbonyl (C=O) groups excluding carboxylic acids is 1. The molecule has 0 amide bonds. The fourth-order valence-corrected chi connectivity index (χ4v) is 1.78. The van der Waals surface area contributed by atoms with Crippen LogP contribution in [0.4, 0.5) is 17.6 Å². The highest BCUT2D eigenvalue weighted by Gasteiger charge is 2.34. The first-order valence-electron chi connectivity index (χ1n) is 5.32. The van der Waals surface area contributed by atoms with Gasteiger partial charge in [-0.2, -0.15) is 13.2 Å². The smallest absolute Gasteiger partial charge is 0.287 e. The van der Waals surface area contributed by atoms with Crippen LogP contribution in [0.5, 0.6) is 0 Å². The van der Waals surface area contributed by atoms with Crippen LogP contribution in [0.2, 0.25) is 0 Å². The zero-order valence-corrected chi connectivity index (χ0v) is 11.3. The molecule has 1 aromatic carbocycles. The van der Waals surface area contributed by atoms with Crippen LogP contribution >= 0.6 is 15.9 Å². The monoisotopic (exact) mass is 347 g/mol. The van der Waals surface area contributed by atoms with Crippen molar-refractivity contribution >= 4 is 21.7 Å². The van der Waals surface area contributed by atoms with Crippen LogP contribution in [0.3, 0.4) is 0 Å². The van der Waals surface area contributed by atoms with Gasteiger partial charge in [0.25, 0.3) is 0 Å². The van der Waals surface area contributed by atoms with E-state index in [1.165, 1.54) is 18.3 Å². The summed E-state index contributed by atoms with van der Waals surface area (Å²) in [6, 6.07) is 5.00. The van der Waals surface area contributed by atoms with Crippen molar-refractivity contribution in [2.24, 2.45) is 0 Å². The van der Waals surface area contributed by atoms with Crippen molar-refractivity contribution in [3.63, 3.8) is 0 Å². The molecule has 0 saturated heterocycles. The van der Waals surface area contributed by atoms with Crippen molar-refractivity contribution < 1.29 is 22.4 Å². The number of pyridine rings is 1. The van der Waals surface area contributed by atoms with Crippen molar-refractivity contribution in [2.45, 2.75) is 6.18 Å². The van der Waals surface area contributed by atoms with E-state index in [4.69, 9.17) is 0 Å². The molecule has 0 N–H and O–H groups in total. The quantitative estimate of drug-likeness (QED) is 0.601. The second kappa shape index (κ2) is 5.32. The number of ketones is 1. The molecule has 0 aliphatic carbocycles. The minimum Gasteiger partial charge on any atom is -0.287 e. The number of benzene rings is 1. The van der Waals surface area contributed by atoms with E-state index in [9.17, 15) is 22.4 Å². The highest BCUT2D eigenvalue weighted by atomic mass is 79.9. The summed E-state index contributed by atoms with van der Waals surface area (Å²) in [5, 5.41) is 0. The average Bonchev–Trinajstić information content (AvgIpc) is 2.38. The number of carbonyl (C=O) groups is 1. The molecule has 2 rings (SSSR count). The van der Waals surface area contributed by atoms with E-state index < -0.39 is 23.3 Å². The summed E-state index contributed by atoms with van der Waals surface area (Å²) in [7, 11) is 0. The van der Waals surface area contributed by atoms with Crippen LogP contribution in [-0.4, -0.2) is 10.8 Å². The second-order valence-electron chi connectivity index (χ2n) is 3.88. The third-order valence-corrected chi connectivity index (χ3v) is 2.96. The number of halogens is 5. The third-order valence-electron chi connectivity index (χ3n) is 2.49. The van der Waals surface area contributed by atoms with Crippen LogP contribution < -0.4 is 0 Å². The maximum Gasteiger partial charge on any atom is 0.419 e. The van der Waals surface area contributed by atoms with Gasteiger partial charge in [-0.1, -0.05) is 0 Å². The Morgan fingerprint density at radius 1 is 1.15 bits per heavy atom. The molecule has 7 heteroatoms. The molecule has 1 aromatic heterocycles. The van der Waals surface area contributed by atoms with E-state index in [2.05, 4.69) is 20.9 Å². The predicted molar refractivity (Wildman–Crippen MR) is 66.8 cm³/mol. The standard InChI is InChI=1S/C13H6BrF4NO/c14-8-2-4-11(19-6-8)12(20)7-1-3-10(15)9(5-7)13(16,17)18/h1-6H. The predicted octanol–water partition coefficient (Wildman–Crippen LogP) is 4.23. The Morgan fingerprint density at radius 3 is 2.40 bits per heavy atom. The van der Waals surface area contributed by atoms with Gasteiger partial charge in [0.15, 0.2) is 0 Å². The lowest BCUT2D eigenvalue weighted by molar-refractivity contribution is -0.140. The number of nitrogens with zero attached hydrogens (tertiary/aromatic N) is 1. The molecular weight excluding hydrogens is 342 g/mol. The molecule has 20 heavy (non-hydrogen) atoms. The van der Waals surface area contributed by atoms with Gasteiger partial charge in [0.2, 0.25) is 5.78 Å². The summed E-state index contributed by atoms with van der Waals surface area (Å²) >= 11 is 3.13. The van der Waals surface area contributed by atoms with Gasteiger partial charge in [-0.25, -0.2) is 4.39 Å². The van der Waals surface area contributed by atoms with E-state index >= 15 is 0 Å². The highest BCUT2D eigenvalue weighted by molar-refractivity contribution is 9.10. The molecule has 0 bridgehead atoms. The molecule has 0 aliphatic heterocycles. The molecule has 104 valence electrons. The van der Waals surface area contributed by atoms with E-state index in [0.29, 0.717) is 16.6 Å². The molecule has 0 saturated carbocycles. The van der Waals surface area contributed by atoms with Gasteiger partial charge >= 0.3 is 6.18 Å². The number of aromatic nitrogens is 1. The second-order valence-corrected chi connectivity index (χ2v) is 4.80. The normalized spacial score (nSPS) is 11.4. The number of rotatable bonds is 2. The first-order chi connectivity index (χ1) is 9.29. The zero-order valence-electron chi connectivity index (χ0n) is 9.71. The summed E-state index contributed by atoms with van der Waals surface area (Å²) in [6.45, 7) is 0. The summed E-state index contributed by atoms with van der Waals surface area (Å²) in [6.07, 6.45) is -3.51. The Labute approximate surface area is 119 Å². The molecule has 1 heterocycles. The van der Waals surface area contributed by atoms with E-state index in [1.807, 2.05) is 0 Å². The van der Waals surface area contributed by atoms with Crippen molar-refractivity contribution in [3.8, 4) is 0 Å². The van der Waals surface area contributed by atoms with Crippen LogP contribution in [0.1, 0.15) is 21.6 Å². The van der Waals surface area contributed by atoms with Gasteiger partial charge in [-0.15, -0.1) is 0 Å². The van der Waals surface area contributed by atoms with Gasteiger partial charge in [0, 0.05) is 16.2 Å². The molecule has 0 fully saturated rings. The largest absolute Gasteiger partial charge is 0.419 e.